The summed E-state index contributed by atoms with van der Waals surface area (Å²) in [6.45, 7) is 2.99. The van der Waals surface area contributed by atoms with Crippen molar-refractivity contribution in [3.05, 3.63) is 28.3 Å². The van der Waals surface area contributed by atoms with Crippen LogP contribution in [0.15, 0.2) is 6.07 Å². The molecule has 1 rings (SSSR count). The fraction of sp³-hybridized carbons (Fsp3) is 0.200. The van der Waals surface area contributed by atoms with Crippen LogP contribution in [0.25, 0.3) is 0 Å². The number of carbonyl (C=O) groups is 2. The average molecular weight is 210 g/mol. The second kappa shape index (κ2) is 3.61. The monoisotopic (exact) mass is 210 g/mol. The van der Waals surface area contributed by atoms with Crippen LogP contribution in [0.1, 0.15) is 31.8 Å². The van der Waals surface area contributed by atoms with E-state index in [-0.39, 0.29) is 16.9 Å². The second-order valence-electron chi connectivity index (χ2n) is 3.18. The van der Waals surface area contributed by atoms with E-state index in [1.165, 1.54) is 13.8 Å². The third-order valence-electron chi connectivity index (χ3n) is 2.32. The van der Waals surface area contributed by atoms with Gasteiger partial charge in [0.25, 0.3) is 0 Å². The molecule has 0 saturated carbocycles. The molecule has 1 aromatic rings. The zero-order chi connectivity index (χ0) is 11.7. The SMILES string of the molecule is Cc1c(O)cc(C(=O)O)c(C(=O)O)c1C. The molecule has 0 saturated heterocycles. The van der Waals surface area contributed by atoms with Crippen molar-refractivity contribution >= 4 is 11.9 Å². The summed E-state index contributed by atoms with van der Waals surface area (Å²) in [5.41, 5.74) is -0.0433. The molecule has 3 N–H and O–H groups in total. The molecule has 0 aromatic heterocycles. The highest BCUT2D eigenvalue weighted by atomic mass is 16.4. The summed E-state index contributed by atoms with van der Waals surface area (Å²) in [4.78, 5) is 21.6. The van der Waals surface area contributed by atoms with E-state index in [0.717, 1.165) is 6.07 Å². The summed E-state index contributed by atoms with van der Waals surface area (Å²) in [6, 6.07) is 0.952. The Labute approximate surface area is 85.6 Å². The molecule has 5 heteroatoms. The highest BCUT2D eigenvalue weighted by Gasteiger charge is 2.21. The molecule has 0 atom stereocenters. The third kappa shape index (κ3) is 1.76. The van der Waals surface area contributed by atoms with Crippen molar-refractivity contribution in [1.29, 1.82) is 0 Å². The molecule has 0 amide bonds. The molecule has 0 aliphatic carbocycles. The van der Waals surface area contributed by atoms with Crippen LogP contribution in [0, 0.1) is 13.8 Å². The smallest absolute Gasteiger partial charge is 0.336 e. The van der Waals surface area contributed by atoms with Crippen LogP contribution in [-0.4, -0.2) is 27.3 Å². The molecule has 0 radical (unpaired) electrons. The van der Waals surface area contributed by atoms with Crippen molar-refractivity contribution in [1.82, 2.24) is 0 Å². The van der Waals surface area contributed by atoms with E-state index in [2.05, 4.69) is 0 Å². The first-order valence-corrected chi connectivity index (χ1v) is 4.16. The normalized spacial score (nSPS) is 10.0. The van der Waals surface area contributed by atoms with Crippen LogP contribution in [0.4, 0.5) is 0 Å². The molecular weight excluding hydrogens is 200 g/mol. The van der Waals surface area contributed by atoms with Gasteiger partial charge in [-0.15, -0.1) is 0 Å². The number of phenolic OH excluding ortho intramolecular Hbond substituents is 1. The number of carboxylic acids is 2. The maximum absolute atomic E-state index is 10.9. The molecular formula is C10H10O5. The topological polar surface area (TPSA) is 94.8 Å². The van der Waals surface area contributed by atoms with Gasteiger partial charge in [0.1, 0.15) is 5.75 Å². The van der Waals surface area contributed by atoms with Crippen LogP contribution >= 0.6 is 0 Å². The van der Waals surface area contributed by atoms with E-state index in [0.29, 0.717) is 5.56 Å². The maximum atomic E-state index is 10.9. The number of benzene rings is 1. The lowest BCUT2D eigenvalue weighted by molar-refractivity contribution is 0.0650. The minimum absolute atomic E-state index is 0.213. The van der Waals surface area contributed by atoms with E-state index < -0.39 is 17.5 Å². The summed E-state index contributed by atoms with van der Waals surface area (Å²) in [7, 11) is 0. The van der Waals surface area contributed by atoms with Gasteiger partial charge in [0.15, 0.2) is 0 Å². The Morgan fingerprint density at radius 3 is 2.00 bits per heavy atom. The molecule has 0 bridgehead atoms. The molecule has 15 heavy (non-hydrogen) atoms. The summed E-state index contributed by atoms with van der Waals surface area (Å²) >= 11 is 0. The van der Waals surface area contributed by atoms with Crippen molar-refractivity contribution in [2.75, 3.05) is 0 Å². The first-order valence-electron chi connectivity index (χ1n) is 4.16. The van der Waals surface area contributed by atoms with Crippen LogP contribution in [-0.2, 0) is 0 Å². The van der Waals surface area contributed by atoms with Gasteiger partial charge in [-0.25, -0.2) is 9.59 Å². The maximum Gasteiger partial charge on any atom is 0.336 e. The predicted molar refractivity (Wildman–Crippen MR) is 51.5 cm³/mol. The molecule has 80 valence electrons. The van der Waals surface area contributed by atoms with Gasteiger partial charge in [-0.1, -0.05) is 0 Å². The van der Waals surface area contributed by atoms with Gasteiger partial charge < -0.3 is 15.3 Å². The summed E-state index contributed by atoms with van der Waals surface area (Å²) in [5.74, 6) is -2.89. The fourth-order valence-electron chi connectivity index (χ4n) is 1.34. The standard InChI is InChI=1S/C10H10O5/c1-4-5(2)8(10(14)15)6(9(12)13)3-7(4)11/h3,11H,1-2H3,(H,12,13)(H,14,15). The van der Waals surface area contributed by atoms with Gasteiger partial charge in [0.2, 0.25) is 0 Å². The first-order chi connectivity index (χ1) is 6.86. The molecule has 0 unspecified atom stereocenters. The molecule has 0 heterocycles. The molecule has 1 aromatic carbocycles. The summed E-state index contributed by atoms with van der Waals surface area (Å²) in [5, 5.41) is 27.0. The van der Waals surface area contributed by atoms with Crippen molar-refractivity contribution in [2.24, 2.45) is 0 Å². The van der Waals surface area contributed by atoms with Crippen molar-refractivity contribution in [3.63, 3.8) is 0 Å². The summed E-state index contributed by atoms with van der Waals surface area (Å²) < 4.78 is 0. The van der Waals surface area contributed by atoms with Crippen LogP contribution in [0.3, 0.4) is 0 Å². The fourth-order valence-corrected chi connectivity index (χ4v) is 1.34. The lowest BCUT2D eigenvalue weighted by Gasteiger charge is -2.10. The quantitative estimate of drug-likeness (QED) is 0.685. The van der Waals surface area contributed by atoms with Gasteiger partial charge in [0, 0.05) is 0 Å². The predicted octanol–water partition coefficient (Wildman–Crippen LogP) is 1.41. The number of hydrogen-bond donors (Lipinski definition) is 3. The van der Waals surface area contributed by atoms with Gasteiger partial charge in [-0.3, -0.25) is 0 Å². The van der Waals surface area contributed by atoms with Crippen molar-refractivity contribution in [3.8, 4) is 5.75 Å². The Kier molecular flexibility index (Phi) is 2.65. The van der Waals surface area contributed by atoms with Gasteiger partial charge in [0.05, 0.1) is 11.1 Å². The first kappa shape index (κ1) is 11.0. The minimum Gasteiger partial charge on any atom is -0.508 e. The van der Waals surface area contributed by atoms with E-state index in [4.69, 9.17) is 10.2 Å². The Bertz CT molecular complexity index is 448. The van der Waals surface area contributed by atoms with Crippen LogP contribution in [0.5, 0.6) is 5.75 Å². The Morgan fingerprint density at radius 1 is 1.07 bits per heavy atom. The number of phenols is 1. The molecule has 0 aliphatic heterocycles. The van der Waals surface area contributed by atoms with Crippen LogP contribution in [0.2, 0.25) is 0 Å². The summed E-state index contributed by atoms with van der Waals surface area (Å²) in [6.07, 6.45) is 0. The van der Waals surface area contributed by atoms with Crippen molar-refractivity contribution in [2.45, 2.75) is 13.8 Å². The molecule has 5 nitrogen and oxygen atoms in total. The van der Waals surface area contributed by atoms with Gasteiger partial charge in [-0.2, -0.15) is 0 Å². The number of aromatic carboxylic acids is 2. The van der Waals surface area contributed by atoms with Crippen LogP contribution < -0.4 is 0 Å². The van der Waals surface area contributed by atoms with E-state index >= 15 is 0 Å². The molecule has 0 spiro atoms. The zero-order valence-electron chi connectivity index (χ0n) is 8.24. The second-order valence-corrected chi connectivity index (χ2v) is 3.18. The minimum atomic E-state index is -1.37. The number of hydrogen-bond acceptors (Lipinski definition) is 3. The number of aromatic hydroxyl groups is 1. The molecule has 0 aliphatic rings. The Morgan fingerprint density at radius 2 is 1.60 bits per heavy atom. The average Bonchev–Trinajstić information content (AvgIpc) is 2.12. The van der Waals surface area contributed by atoms with E-state index in [1.807, 2.05) is 0 Å². The van der Waals surface area contributed by atoms with Crippen molar-refractivity contribution < 1.29 is 24.9 Å². The third-order valence-corrected chi connectivity index (χ3v) is 2.32. The highest BCUT2D eigenvalue weighted by molar-refractivity contribution is 6.03. The van der Waals surface area contributed by atoms with Gasteiger partial charge >= 0.3 is 11.9 Å². The number of rotatable bonds is 2. The lowest BCUT2D eigenvalue weighted by atomic mass is 9.97. The van der Waals surface area contributed by atoms with E-state index in [1.54, 1.807) is 0 Å². The number of carboxylic acid groups (broad SMARTS) is 2. The molecule has 0 fully saturated rings. The zero-order valence-corrected chi connectivity index (χ0v) is 8.24. The van der Waals surface area contributed by atoms with Gasteiger partial charge in [-0.05, 0) is 31.0 Å². The highest BCUT2D eigenvalue weighted by Crippen LogP contribution is 2.26. The lowest BCUT2D eigenvalue weighted by Crippen LogP contribution is -2.11. The largest absolute Gasteiger partial charge is 0.508 e. The Hall–Kier alpha value is -2.04. The Balaban J connectivity index is 3.65. The van der Waals surface area contributed by atoms with E-state index in [9.17, 15) is 14.7 Å².